The van der Waals surface area contributed by atoms with Gasteiger partial charge in [0.15, 0.2) is 5.82 Å². The third-order valence-corrected chi connectivity index (χ3v) is 5.84. The van der Waals surface area contributed by atoms with E-state index in [-0.39, 0.29) is 23.1 Å². The number of aryl methyl sites for hydroxylation is 1. The average Bonchev–Trinajstić information content (AvgIpc) is 3.25. The molecule has 0 spiro atoms. The Balaban J connectivity index is 0.00000133. The van der Waals surface area contributed by atoms with Gasteiger partial charge in [0.2, 0.25) is 5.95 Å². The molecule has 0 radical (unpaired) electrons. The van der Waals surface area contributed by atoms with Crippen LogP contribution in [-0.4, -0.2) is 65.1 Å². The minimum absolute atomic E-state index is 0.125. The van der Waals surface area contributed by atoms with Crippen molar-refractivity contribution < 1.29 is 17.9 Å². The third-order valence-electron chi connectivity index (χ3n) is 5.84. The fourth-order valence-corrected chi connectivity index (χ4v) is 4.07. The lowest BCUT2D eigenvalue weighted by molar-refractivity contribution is -0.0660. The van der Waals surface area contributed by atoms with Gasteiger partial charge < -0.3 is 15.0 Å². The lowest BCUT2D eigenvalue weighted by Crippen LogP contribution is -2.56. The maximum absolute atomic E-state index is 15.4. The van der Waals surface area contributed by atoms with Crippen molar-refractivity contribution in [2.75, 3.05) is 49.6 Å². The Hall–Kier alpha value is -3.11. The maximum Gasteiger partial charge on any atom is 0.247 e. The predicted octanol–water partition coefficient (Wildman–Crippen LogP) is 4.28. The van der Waals surface area contributed by atoms with Gasteiger partial charge in [0.25, 0.3) is 0 Å². The van der Waals surface area contributed by atoms with Gasteiger partial charge >= 0.3 is 0 Å². The van der Waals surface area contributed by atoms with Crippen molar-refractivity contribution in [2.24, 2.45) is 0 Å². The quantitative estimate of drug-likeness (QED) is 0.596. The Labute approximate surface area is 197 Å². The highest BCUT2D eigenvalue weighted by Crippen LogP contribution is 2.30. The van der Waals surface area contributed by atoms with Crippen molar-refractivity contribution in [3.05, 3.63) is 59.7 Å². The summed E-state index contributed by atoms with van der Waals surface area (Å²) in [5.74, 6) is -1.70. The Morgan fingerprint density at radius 3 is 2.24 bits per heavy atom. The second-order valence-corrected chi connectivity index (χ2v) is 8.13. The molecule has 5 rings (SSSR count). The van der Waals surface area contributed by atoms with Crippen LogP contribution in [0.3, 0.4) is 0 Å². The average molecular weight is 475 g/mol. The molecule has 0 atom stereocenters. The Bertz CT molecular complexity index is 1110. The molecule has 2 fully saturated rings. The summed E-state index contributed by atoms with van der Waals surface area (Å²) in [6.45, 7) is 10.6. The van der Waals surface area contributed by atoms with Gasteiger partial charge in [0.05, 0.1) is 36.3 Å². The molecule has 3 heterocycles. The Morgan fingerprint density at radius 1 is 0.941 bits per heavy atom. The fourth-order valence-electron chi connectivity index (χ4n) is 4.07. The molecule has 2 aromatic carbocycles. The molecule has 182 valence electrons. The van der Waals surface area contributed by atoms with E-state index in [9.17, 15) is 8.78 Å². The number of rotatable bonds is 5. The maximum atomic E-state index is 15.4. The van der Waals surface area contributed by atoms with E-state index in [1.54, 1.807) is 6.07 Å². The first-order chi connectivity index (χ1) is 16.5. The van der Waals surface area contributed by atoms with Gasteiger partial charge in [0, 0.05) is 32.2 Å². The van der Waals surface area contributed by atoms with E-state index >= 15 is 4.39 Å². The van der Waals surface area contributed by atoms with Crippen LogP contribution < -0.4 is 10.2 Å². The number of piperazine rings is 1. The minimum atomic E-state index is -0.718. The van der Waals surface area contributed by atoms with Crippen molar-refractivity contribution in [1.82, 2.24) is 19.7 Å². The van der Waals surface area contributed by atoms with Crippen molar-refractivity contribution in [3.63, 3.8) is 0 Å². The number of ether oxygens (including phenoxy) is 1. The van der Waals surface area contributed by atoms with Gasteiger partial charge in [-0.3, -0.25) is 4.90 Å². The van der Waals surface area contributed by atoms with Gasteiger partial charge in [-0.2, -0.15) is 4.98 Å². The number of anilines is 3. The van der Waals surface area contributed by atoms with Crippen LogP contribution in [0.2, 0.25) is 0 Å². The second-order valence-electron chi connectivity index (χ2n) is 8.13. The zero-order chi connectivity index (χ0) is 24.2. The molecule has 10 heteroatoms. The van der Waals surface area contributed by atoms with Crippen molar-refractivity contribution in [1.29, 1.82) is 0 Å². The van der Waals surface area contributed by atoms with Crippen LogP contribution >= 0.6 is 0 Å². The van der Waals surface area contributed by atoms with Gasteiger partial charge in [-0.15, -0.1) is 5.10 Å². The first-order valence-corrected chi connectivity index (χ1v) is 11.5. The van der Waals surface area contributed by atoms with Gasteiger partial charge in [-0.25, -0.2) is 17.9 Å². The number of nitrogens with one attached hydrogen (secondary N) is 1. The van der Waals surface area contributed by atoms with Crippen LogP contribution in [0.1, 0.15) is 19.4 Å². The summed E-state index contributed by atoms with van der Waals surface area (Å²) in [7, 11) is 0. The lowest BCUT2D eigenvalue weighted by Gasteiger charge is -2.43. The van der Waals surface area contributed by atoms with Crippen LogP contribution in [-0.2, 0) is 4.74 Å². The molecule has 1 N–H and O–H groups in total. The number of benzene rings is 2. The number of halogens is 3. The summed E-state index contributed by atoms with van der Waals surface area (Å²) < 4.78 is 48.9. The van der Waals surface area contributed by atoms with E-state index in [1.807, 2.05) is 31.7 Å². The number of aromatic nitrogens is 3. The highest BCUT2D eigenvalue weighted by Gasteiger charge is 2.30. The molecule has 0 bridgehead atoms. The number of hydrogen-bond donors (Lipinski definition) is 1. The van der Waals surface area contributed by atoms with E-state index in [0.29, 0.717) is 11.7 Å². The van der Waals surface area contributed by atoms with E-state index in [0.717, 1.165) is 63.2 Å². The molecule has 7 nitrogen and oxygen atoms in total. The van der Waals surface area contributed by atoms with Crippen molar-refractivity contribution >= 4 is 17.3 Å². The highest BCUT2D eigenvalue weighted by molar-refractivity contribution is 5.65. The lowest BCUT2D eigenvalue weighted by atomic mass is 10.1. The molecule has 1 aromatic heterocycles. The van der Waals surface area contributed by atoms with Crippen LogP contribution in [0.4, 0.5) is 30.5 Å². The molecule has 0 unspecified atom stereocenters. The fraction of sp³-hybridized carbons (Fsp3) is 0.417. The van der Waals surface area contributed by atoms with E-state index < -0.39 is 11.6 Å². The van der Waals surface area contributed by atoms with Crippen molar-refractivity contribution in [2.45, 2.75) is 26.8 Å². The smallest absolute Gasteiger partial charge is 0.247 e. The molecule has 0 aliphatic carbocycles. The Kier molecular flexibility index (Phi) is 7.38. The molecule has 2 saturated heterocycles. The molecule has 0 saturated carbocycles. The largest absolute Gasteiger partial charge is 0.378 e. The van der Waals surface area contributed by atoms with Gasteiger partial charge in [-0.1, -0.05) is 13.8 Å². The SMILES string of the molecule is CC.Cc1cc(Nc2ncn(-c3cc(F)cc(F)c3)n2)c(F)c(N2CCN(C3COC3)CC2)c1. The molecule has 3 aromatic rings. The van der Waals surface area contributed by atoms with Gasteiger partial charge in [0.1, 0.15) is 18.0 Å². The van der Waals surface area contributed by atoms with Crippen LogP contribution in [0.5, 0.6) is 0 Å². The molecule has 34 heavy (non-hydrogen) atoms. The zero-order valence-corrected chi connectivity index (χ0v) is 19.6. The third kappa shape index (κ3) is 5.18. The van der Waals surface area contributed by atoms with Gasteiger partial charge in [-0.05, 0) is 36.8 Å². The second kappa shape index (κ2) is 10.4. The summed E-state index contributed by atoms with van der Waals surface area (Å²) in [4.78, 5) is 8.54. The summed E-state index contributed by atoms with van der Waals surface area (Å²) >= 11 is 0. The Morgan fingerprint density at radius 2 is 1.62 bits per heavy atom. The topological polar surface area (TPSA) is 58.5 Å². The number of nitrogens with zero attached hydrogens (tertiary/aromatic N) is 5. The molecule has 0 amide bonds. The summed E-state index contributed by atoms with van der Waals surface area (Å²) in [5.41, 5.74) is 1.86. The van der Waals surface area contributed by atoms with Crippen LogP contribution in [0.25, 0.3) is 5.69 Å². The van der Waals surface area contributed by atoms with E-state index in [1.165, 1.54) is 11.0 Å². The molecular weight excluding hydrogens is 445 g/mol. The first kappa shape index (κ1) is 24.0. The van der Waals surface area contributed by atoms with E-state index in [2.05, 4.69) is 20.3 Å². The highest BCUT2D eigenvalue weighted by atomic mass is 19.1. The van der Waals surface area contributed by atoms with Crippen LogP contribution in [0, 0.1) is 24.4 Å². The zero-order valence-electron chi connectivity index (χ0n) is 19.6. The van der Waals surface area contributed by atoms with Crippen molar-refractivity contribution in [3.8, 4) is 5.69 Å². The predicted molar refractivity (Wildman–Crippen MR) is 125 cm³/mol. The normalized spacial score (nSPS) is 16.6. The summed E-state index contributed by atoms with van der Waals surface area (Å²) in [5, 5.41) is 7.08. The number of hydrogen-bond acceptors (Lipinski definition) is 6. The minimum Gasteiger partial charge on any atom is -0.378 e. The standard InChI is InChI=1S/C22H23F3N6O.C2H6/c1-14-6-19(27-22-26-13-31(28-22)17-9-15(23)8-16(24)10-17)21(25)20(7-14)30-4-2-29(3-5-30)18-11-32-12-18;1-2/h6-10,13,18H,2-5,11-12H2,1H3,(H,27,28);1-2H3. The van der Waals surface area contributed by atoms with E-state index in [4.69, 9.17) is 4.74 Å². The molecule has 2 aliphatic heterocycles. The molecule has 2 aliphatic rings. The van der Waals surface area contributed by atoms with Crippen LogP contribution in [0.15, 0.2) is 36.7 Å². The first-order valence-electron chi connectivity index (χ1n) is 11.5. The summed E-state index contributed by atoms with van der Waals surface area (Å²) in [6.07, 6.45) is 1.31. The molecular formula is C24H29F3N6O. The monoisotopic (exact) mass is 474 g/mol. The summed E-state index contributed by atoms with van der Waals surface area (Å²) in [6, 6.07) is 7.06.